The van der Waals surface area contributed by atoms with Crippen LogP contribution in [0.2, 0.25) is 5.28 Å². The van der Waals surface area contributed by atoms with Gasteiger partial charge in [-0.1, -0.05) is 25.8 Å². The standard InChI is InChI=1S/C23H19ClF2N4/c1-4-14-8-10-23(13(2)3,19-9-11-27-22(24)28-19)21-15(14)12-18(29-30-21)20-16(25)6-5-7-17(20)26/h1,5-7,9,11-14H,8,10H2,2-3H3/t14-,23-/m0/s1. The minimum Gasteiger partial charge on any atom is -0.227 e. The van der Waals surface area contributed by atoms with Gasteiger partial charge >= 0.3 is 0 Å². The molecule has 1 aromatic carbocycles. The SMILES string of the molecule is C#C[C@H]1CC[C@@](c2ccnc(Cl)n2)(C(C)C)c2nnc(-c3c(F)cccc3F)cc21. The fourth-order valence-electron chi connectivity index (χ4n) is 4.39. The lowest BCUT2D eigenvalue weighted by molar-refractivity contribution is 0.293. The van der Waals surface area contributed by atoms with Crippen LogP contribution < -0.4 is 0 Å². The summed E-state index contributed by atoms with van der Waals surface area (Å²) in [5.74, 6) is 1.24. The first kappa shape index (κ1) is 20.4. The minimum atomic E-state index is -0.699. The third-order valence-electron chi connectivity index (χ3n) is 5.94. The van der Waals surface area contributed by atoms with Crippen molar-refractivity contribution < 1.29 is 8.78 Å². The van der Waals surface area contributed by atoms with E-state index in [0.29, 0.717) is 18.5 Å². The van der Waals surface area contributed by atoms with Gasteiger partial charge in [0.25, 0.3) is 0 Å². The van der Waals surface area contributed by atoms with Gasteiger partial charge in [0.05, 0.1) is 28.1 Å². The summed E-state index contributed by atoms with van der Waals surface area (Å²) in [6, 6.07) is 7.18. The van der Waals surface area contributed by atoms with Gasteiger partial charge in [-0.25, -0.2) is 18.7 Å². The van der Waals surface area contributed by atoms with Crippen molar-refractivity contribution in [1.82, 2.24) is 20.2 Å². The van der Waals surface area contributed by atoms with Gasteiger partial charge in [0.15, 0.2) is 0 Å². The predicted octanol–water partition coefficient (Wildman–Crippen LogP) is 5.32. The second kappa shape index (κ2) is 7.73. The first-order chi connectivity index (χ1) is 14.4. The Morgan fingerprint density at radius 1 is 1.20 bits per heavy atom. The van der Waals surface area contributed by atoms with E-state index < -0.39 is 17.0 Å². The smallest absolute Gasteiger partial charge is 0.222 e. The van der Waals surface area contributed by atoms with Gasteiger partial charge in [-0.2, -0.15) is 5.10 Å². The molecule has 4 nitrogen and oxygen atoms in total. The highest BCUT2D eigenvalue weighted by atomic mass is 35.5. The van der Waals surface area contributed by atoms with E-state index >= 15 is 0 Å². The topological polar surface area (TPSA) is 51.6 Å². The second-order valence-electron chi connectivity index (χ2n) is 7.73. The van der Waals surface area contributed by atoms with Crippen LogP contribution in [0, 0.1) is 29.9 Å². The van der Waals surface area contributed by atoms with Crippen molar-refractivity contribution in [3.8, 4) is 23.6 Å². The lowest BCUT2D eigenvalue weighted by Crippen LogP contribution is -2.40. The van der Waals surface area contributed by atoms with E-state index in [-0.39, 0.29) is 28.4 Å². The molecule has 0 amide bonds. The maximum atomic E-state index is 14.4. The molecule has 7 heteroatoms. The van der Waals surface area contributed by atoms with Crippen LogP contribution in [0.3, 0.4) is 0 Å². The van der Waals surface area contributed by atoms with Crippen molar-refractivity contribution in [2.45, 2.75) is 38.0 Å². The molecule has 2 heterocycles. The third-order valence-corrected chi connectivity index (χ3v) is 6.12. The Kier molecular flexibility index (Phi) is 5.25. The molecule has 0 unspecified atom stereocenters. The van der Waals surface area contributed by atoms with Gasteiger partial charge in [0, 0.05) is 12.1 Å². The molecule has 0 saturated carbocycles. The highest BCUT2D eigenvalue weighted by Crippen LogP contribution is 2.50. The number of nitrogens with zero attached hydrogens (tertiary/aromatic N) is 4. The number of halogens is 3. The van der Waals surface area contributed by atoms with Crippen LogP contribution in [-0.2, 0) is 5.41 Å². The molecule has 0 fully saturated rings. The number of benzene rings is 1. The highest BCUT2D eigenvalue weighted by molar-refractivity contribution is 6.28. The maximum absolute atomic E-state index is 14.4. The molecule has 0 radical (unpaired) electrons. The molecular weight excluding hydrogens is 406 g/mol. The van der Waals surface area contributed by atoms with Crippen LogP contribution in [0.1, 0.15) is 49.6 Å². The van der Waals surface area contributed by atoms with Crippen LogP contribution in [0.15, 0.2) is 36.5 Å². The van der Waals surface area contributed by atoms with Gasteiger partial charge < -0.3 is 0 Å². The van der Waals surface area contributed by atoms with Crippen molar-refractivity contribution >= 4 is 11.6 Å². The molecule has 152 valence electrons. The molecule has 4 rings (SSSR count). The third kappa shape index (κ3) is 3.14. The predicted molar refractivity (Wildman–Crippen MR) is 111 cm³/mol. The molecule has 0 bridgehead atoms. The van der Waals surface area contributed by atoms with E-state index in [9.17, 15) is 8.78 Å². The van der Waals surface area contributed by atoms with Crippen LogP contribution >= 0.6 is 11.6 Å². The fourth-order valence-corrected chi connectivity index (χ4v) is 4.54. The fraction of sp³-hybridized carbons (Fsp3) is 0.304. The Bertz CT molecular complexity index is 1140. The van der Waals surface area contributed by atoms with Crippen molar-refractivity contribution in [3.05, 3.63) is 70.4 Å². The van der Waals surface area contributed by atoms with Gasteiger partial charge in [-0.3, -0.25) is 0 Å². The summed E-state index contributed by atoms with van der Waals surface area (Å²) in [7, 11) is 0. The molecule has 1 aliphatic rings. The Hall–Kier alpha value is -2.91. The van der Waals surface area contributed by atoms with Gasteiger partial charge in [0.1, 0.15) is 11.6 Å². The van der Waals surface area contributed by atoms with Crippen LogP contribution in [-0.4, -0.2) is 20.2 Å². The maximum Gasteiger partial charge on any atom is 0.222 e. The molecule has 0 saturated heterocycles. The summed E-state index contributed by atoms with van der Waals surface area (Å²) in [5, 5.41) is 8.82. The number of terminal acetylenes is 1. The largest absolute Gasteiger partial charge is 0.227 e. The number of hydrogen-bond donors (Lipinski definition) is 0. The molecule has 0 spiro atoms. The monoisotopic (exact) mass is 424 g/mol. The zero-order valence-electron chi connectivity index (χ0n) is 16.5. The lowest BCUT2D eigenvalue weighted by atomic mass is 9.62. The van der Waals surface area contributed by atoms with Gasteiger partial charge in [-0.15, -0.1) is 11.5 Å². The summed E-state index contributed by atoms with van der Waals surface area (Å²) in [6.45, 7) is 4.14. The Labute approximate surface area is 178 Å². The van der Waals surface area contributed by atoms with E-state index in [4.69, 9.17) is 18.0 Å². The van der Waals surface area contributed by atoms with Crippen LogP contribution in [0.25, 0.3) is 11.3 Å². The first-order valence-corrected chi connectivity index (χ1v) is 10.0. The molecule has 0 aliphatic heterocycles. The zero-order valence-corrected chi connectivity index (χ0v) is 17.3. The molecule has 2 aromatic heterocycles. The number of rotatable bonds is 3. The Morgan fingerprint density at radius 2 is 1.93 bits per heavy atom. The van der Waals surface area contributed by atoms with Crippen molar-refractivity contribution in [1.29, 1.82) is 0 Å². The second-order valence-corrected chi connectivity index (χ2v) is 8.06. The van der Waals surface area contributed by atoms with Gasteiger partial charge in [0.2, 0.25) is 5.28 Å². The minimum absolute atomic E-state index is 0.0892. The summed E-state index contributed by atoms with van der Waals surface area (Å²) >= 11 is 6.08. The summed E-state index contributed by atoms with van der Waals surface area (Å²) < 4.78 is 28.7. The Morgan fingerprint density at radius 3 is 2.57 bits per heavy atom. The Balaban J connectivity index is 1.98. The molecule has 1 aliphatic carbocycles. The van der Waals surface area contributed by atoms with E-state index in [1.54, 1.807) is 12.3 Å². The highest BCUT2D eigenvalue weighted by Gasteiger charge is 2.46. The average Bonchev–Trinajstić information content (AvgIpc) is 2.72. The quantitative estimate of drug-likeness (QED) is 0.422. The van der Waals surface area contributed by atoms with Crippen molar-refractivity contribution in [3.63, 3.8) is 0 Å². The number of fused-ring (bicyclic) bond motifs is 1. The summed E-state index contributed by atoms with van der Waals surface area (Å²) in [5.41, 5.74) is 1.45. The molecule has 2 atom stereocenters. The van der Waals surface area contributed by atoms with Crippen LogP contribution in [0.5, 0.6) is 0 Å². The first-order valence-electron chi connectivity index (χ1n) is 9.66. The molecular formula is C23H19ClF2N4. The molecule has 0 N–H and O–H groups in total. The number of aromatic nitrogens is 4. The molecule has 3 aromatic rings. The van der Waals surface area contributed by atoms with E-state index in [0.717, 1.165) is 11.3 Å². The molecule has 30 heavy (non-hydrogen) atoms. The van der Waals surface area contributed by atoms with Crippen molar-refractivity contribution in [2.75, 3.05) is 0 Å². The summed E-state index contributed by atoms with van der Waals surface area (Å²) in [6.07, 6.45) is 8.78. The van der Waals surface area contributed by atoms with Crippen LogP contribution in [0.4, 0.5) is 8.78 Å². The average molecular weight is 425 g/mol. The van der Waals surface area contributed by atoms with E-state index in [1.807, 2.05) is 6.07 Å². The number of hydrogen-bond acceptors (Lipinski definition) is 4. The summed E-state index contributed by atoms with van der Waals surface area (Å²) in [4.78, 5) is 8.45. The van der Waals surface area contributed by atoms with E-state index in [1.165, 1.54) is 18.2 Å². The normalized spacial score (nSPS) is 20.6. The van der Waals surface area contributed by atoms with E-state index in [2.05, 4.69) is 39.9 Å². The van der Waals surface area contributed by atoms with Gasteiger partial charge in [-0.05, 0) is 60.2 Å². The van der Waals surface area contributed by atoms with Crippen molar-refractivity contribution in [2.24, 2.45) is 5.92 Å². The lowest BCUT2D eigenvalue weighted by Gasteiger charge is -2.42. The zero-order chi connectivity index (χ0) is 21.5.